The molecule has 6 aromatic rings. The zero-order chi connectivity index (χ0) is 25.4. The highest BCUT2D eigenvalue weighted by molar-refractivity contribution is 5.90. The van der Waals surface area contributed by atoms with E-state index in [9.17, 15) is 0 Å². The van der Waals surface area contributed by atoms with Crippen molar-refractivity contribution in [3.63, 3.8) is 0 Å². The lowest BCUT2D eigenvalue weighted by Gasteiger charge is -2.10. The van der Waals surface area contributed by atoms with Gasteiger partial charge in [-0.3, -0.25) is 4.98 Å². The molecule has 0 aliphatic carbocycles. The number of para-hydroxylation sites is 1. The van der Waals surface area contributed by atoms with Gasteiger partial charge in [-0.15, -0.1) is 0 Å². The van der Waals surface area contributed by atoms with Crippen molar-refractivity contribution in [3.05, 3.63) is 138 Å². The summed E-state index contributed by atoms with van der Waals surface area (Å²) in [6, 6.07) is 41.4. The summed E-state index contributed by atoms with van der Waals surface area (Å²) in [5.74, 6) is 0. The molecule has 0 spiro atoms. The standard InChI is InChI=1S/C36H29N/c1-24(28-16-18-29(19-17-28)34-22-32-9-5-4-8-31(32)21-25(34)2)20-27-12-14-30(15-13-27)35-23-33-10-6-7-11-36(33)37-26(35)3/h4-23H,1-3H3/b24-20+. The first-order chi connectivity index (χ1) is 18.0. The molecule has 0 atom stereocenters. The van der Waals surface area contributed by atoms with E-state index in [1.54, 1.807) is 0 Å². The molecular formula is C36H29N. The topological polar surface area (TPSA) is 12.9 Å². The number of aryl methyl sites for hydroxylation is 2. The van der Waals surface area contributed by atoms with Gasteiger partial charge in [0.05, 0.1) is 5.52 Å². The van der Waals surface area contributed by atoms with E-state index in [0.29, 0.717) is 0 Å². The summed E-state index contributed by atoms with van der Waals surface area (Å²) in [5.41, 5.74) is 12.0. The summed E-state index contributed by atoms with van der Waals surface area (Å²) >= 11 is 0. The van der Waals surface area contributed by atoms with Crippen LogP contribution in [0.15, 0.2) is 115 Å². The molecule has 0 aliphatic heterocycles. The van der Waals surface area contributed by atoms with Crippen molar-refractivity contribution in [1.82, 2.24) is 4.98 Å². The Balaban J connectivity index is 1.25. The largest absolute Gasteiger partial charge is 0.252 e. The van der Waals surface area contributed by atoms with Crippen LogP contribution in [0.4, 0.5) is 0 Å². The molecule has 6 rings (SSSR count). The Bertz CT molecular complexity index is 1770. The van der Waals surface area contributed by atoms with Crippen molar-refractivity contribution < 1.29 is 0 Å². The fourth-order valence-corrected chi connectivity index (χ4v) is 5.17. The van der Waals surface area contributed by atoms with Crippen LogP contribution in [-0.2, 0) is 0 Å². The molecule has 0 fully saturated rings. The third kappa shape index (κ3) is 4.57. The summed E-state index contributed by atoms with van der Waals surface area (Å²) in [7, 11) is 0. The monoisotopic (exact) mass is 475 g/mol. The predicted molar refractivity (Wildman–Crippen MR) is 160 cm³/mol. The molecular weight excluding hydrogens is 446 g/mol. The normalized spacial score (nSPS) is 11.8. The minimum absolute atomic E-state index is 1.04. The SMILES string of the molecule is C/C(=C\c1ccc(-c2cc3ccccc3nc2C)cc1)c1ccc(-c2cc3ccccc3cc2C)cc1. The van der Waals surface area contributed by atoms with E-state index < -0.39 is 0 Å². The lowest BCUT2D eigenvalue weighted by atomic mass is 9.94. The Labute approximate surface area is 218 Å². The molecule has 1 heteroatoms. The van der Waals surface area contributed by atoms with Crippen LogP contribution < -0.4 is 0 Å². The zero-order valence-electron chi connectivity index (χ0n) is 21.5. The van der Waals surface area contributed by atoms with Crippen molar-refractivity contribution in [2.45, 2.75) is 20.8 Å². The second-order valence-electron chi connectivity index (χ2n) is 9.86. The molecule has 0 amide bonds. The van der Waals surface area contributed by atoms with Crippen molar-refractivity contribution in [3.8, 4) is 22.3 Å². The summed E-state index contributed by atoms with van der Waals surface area (Å²) in [4.78, 5) is 4.80. The van der Waals surface area contributed by atoms with Gasteiger partial charge >= 0.3 is 0 Å². The molecule has 0 N–H and O–H groups in total. The number of nitrogens with zero attached hydrogens (tertiary/aromatic N) is 1. The fourth-order valence-electron chi connectivity index (χ4n) is 5.17. The maximum Gasteiger partial charge on any atom is 0.0705 e. The average molecular weight is 476 g/mol. The van der Waals surface area contributed by atoms with Crippen LogP contribution in [0, 0.1) is 13.8 Å². The van der Waals surface area contributed by atoms with E-state index in [2.05, 4.69) is 136 Å². The number of benzene rings is 5. The van der Waals surface area contributed by atoms with Gasteiger partial charge in [0.25, 0.3) is 0 Å². The van der Waals surface area contributed by atoms with Crippen molar-refractivity contribution in [2.75, 3.05) is 0 Å². The van der Waals surface area contributed by atoms with Gasteiger partial charge in [-0.25, -0.2) is 0 Å². The van der Waals surface area contributed by atoms with Crippen LogP contribution in [0.25, 0.3) is 55.6 Å². The molecule has 5 aromatic carbocycles. The first-order valence-corrected chi connectivity index (χ1v) is 12.8. The second kappa shape index (κ2) is 9.52. The third-order valence-electron chi connectivity index (χ3n) is 7.26. The molecule has 0 bridgehead atoms. The van der Waals surface area contributed by atoms with Crippen molar-refractivity contribution in [2.24, 2.45) is 0 Å². The van der Waals surface area contributed by atoms with E-state index in [1.165, 1.54) is 60.7 Å². The fraction of sp³-hybridized carbons (Fsp3) is 0.0833. The van der Waals surface area contributed by atoms with Gasteiger partial charge in [-0.2, -0.15) is 0 Å². The van der Waals surface area contributed by atoms with Crippen LogP contribution >= 0.6 is 0 Å². The van der Waals surface area contributed by atoms with E-state index in [1.807, 2.05) is 6.07 Å². The van der Waals surface area contributed by atoms with Crippen LogP contribution in [0.3, 0.4) is 0 Å². The lowest BCUT2D eigenvalue weighted by molar-refractivity contribution is 1.26. The van der Waals surface area contributed by atoms with Gasteiger partial charge in [-0.05, 0) is 88.7 Å². The van der Waals surface area contributed by atoms with Crippen LogP contribution in [0.5, 0.6) is 0 Å². The minimum Gasteiger partial charge on any atom is -0.252 e. The molecule has 0 aliphatic rings. The Morgan fingerprint density at radius 3 is 1.89 bits per heavy atom. The van der Waals surface area contributed by atoms with Crippen LogP contribution in [0.1, 0.15) is 29.3 Å². The van der Waals surface area contributed by atoms with E-state index in [0.717, 1.165) is 11.2 Å². The van der Waals surface area contributed by atoms with Gasteiger partial charge in [-0.1, -0.05) is 103 Å². The summed E-state index contributed by atoms with van der Waals surface area (Å²) < 4.78 is 0. The number of aromatic nitrogens is 1. The Morgan fingerprint density at radius 1 is 0.595 bits per heavy atom. The number of pyridine rings is 1. The maximum absolute atomic E-state index is 4.80. The Morgan fingerprint density at radius 2 is 1.16 bits per heavy atom. The van der Waals surface area contributed by atoms with Gasteiger partial charge in [0, 0.05) is 16.6 Å². The lowest BCUT2D eigenvalue weighted by Crippen LogP contribution is -1.90. The minimum atomic E-state index is 1.04. The summed E-state index contributed by atoms with van der Waals surface area (Å²) in [6.45, 7) is 6.46. The zero-order valence-corrected chi connectivity index (χ0v) is 21.5. The Kier molecular flexibility index (Phi) is 5.90. The highest BCUT2D eigenvalue weighted by atomic mass is 14.7. The number of allylic oxidation sites excluding steroid dienone is 1. The number of hydrogen-bond donors (Lipinski definition) is 0. The Hall–Kier alpha value is -4.49. The van der Waals surface area contributed by atoms with E-state index in [4.69, 9.17) is 4.98 Å². The van der Waals surface area contributed by atoms with Crippen molar-refractivity contribution in [1.29, 1.82) is 0 Å². The highest BCUT2D eigenvalue weighted by Crippen LogP contribution is 2.31. The molecule has 0 saturated heterocycles. The first-order valence-electron chi connectivity index (χ1n) is 12.8. The number of fused-ring (bicyclic) bond motifs is 2. The summed E-state index contributed by atoms with van der Waals surface area (Å²) in [5, 5.41) is 3.74. The molecule has 0 radical (unpaired) electrons. The molecule has 0 unspecified atom stereocenters. The van der Waals surface area contributed by atoms with Crippen LogP contribution in [-0.4, -0.2) is 4.98 Å². The van der Waals surface area contributed by atoms with Gasteiger partial charge in [0.1, 0.15) is 0 Å². The summed E-state index contributed by atoms with van der Waals surface area (Å²) in [6.07, 6.45) is 2.26. The first kappa shape index (κ1) is 22.9. The average Bonchev–Trinajstić information content (AvgIpc) is 2.93. The maximum atomic E-state index is 4.80. The third-order valence-corrected chi connectivity index (χ3v) is 7.26. The second-order valence-corrected chi connectivity index (χ2v) is 9.86. The highest BCUT2D eigenvalue weighted by Gasteiger charge is 2.07. The van der Waals surface area contributed by atoms with Crippen molar-refractivity contribution >= 4 is 33.3 Å². The van der Waals surface area contributed by atoms with Gasteiger partial charge in [0.15, 0.2) is 0 Å². The number of rotatable bonds is 4. The predicted octanol–water partition coefficient (Wildman–Crippen LogP) is 9.90. The molecule has 0 saturated carbocycles. The smallest absolute Gasteiger partial charge is 0.0705 e. The van der Waals surface area contributed by atoms with Gasteiger partial charge in [0.2, 0.25) is 0 Å². The molecule has 1 nitrogen and oxygen atoms in total. The van der Waals surface area contributed by atoms with E-state index in [-0.39, 0.29) is 0 Å². The molecule has 1 heterocycles. The van der Waals surface area contributed by atoms with Crippen LogP contribution in [0.2, 0.25) is 0 Å². The molecule has 178 valence electrons. The molecule has 37 heavy (non-hydrogen) atoms. The van der Waals surface area contributed by atoms with E-state index >= 15 is 0 Å². The quantitative estimate of drug-likeness (QED) is 0.231. The molecule has 1 aromatic heterocycles. The number of hydrogen-bond acceptors (Lipinski definition) is 1. The van der Waals surface area contributed by atoms with Gasteiger partial charge < -0.3 is 0 Å².